The van der Waals surface area contributed by atoms with E-state index in [9.17, 15) is 14.3 Å². The SMILES string of the molecule is COc1ccc(C(Cc2cc(F)ccc2OC)C(=O)O)cc1. The Bertz CT molecular complexity index is 652. The Labute approximate surface area is 128 Å². The van der Waals surface area contributed by atoms with Crippen LogP contribution >= 0.6 is 0 Å². The van der Waals surface area contributed by atoms with E-state index < -0.39 is 17.7 Å². The Kier molecular flexibility index (Phi) is 4.99. The van der Waals surface area contributed by atoms with Crippen molar-refractivity contribution >= 4 is 5.97 Å². The zero-order valence-electron chi connectivity index (χ0n) is 12.4. The molecule has 5 heteroatoms. The first-order chi connectivity index (χ1) is 10.5. The minimum absolute atomic E-state index is 0.141. The summed E-state index contributed by atoms with van der Waals surface area (Å²) in [7, 11) is 3.02. The number of rotatable bonds is 6. The van der Waals surface area contributed by atoms with Crippen LogP contribution in [0.4, 0.5) is 4.39 Å². The lowest BCUT2D eigenvalue weighted by atomic mass is 9.91. The Morgan fingerprint density at radius 1 is 1.14 bits per heavy atom. The van der Waals surface area contributed by atoms with Gasteiger partial charge in [-0.2, -0.15) is 0 Å². The maximum Gasteiger partial charge on any atom is 0.311 e. The summed E-state index contributed by atoms with van der Waals surface area (Å²) in [6.07, 6.45) is 0.141. The highest BCUT2D eigenvalue weighted by atomic mass is 19.1. The largest absolute Gasteiger partial charge is 0.497 e. The van der Waals surface area contributed by atoms with Gasteiger partial charge in [0, 0.05) is 0 Å². The number of carbonyl (C=O) groups is 1. The molecule has 0 fully saturated rings. The van der Waals surface area contributed by atoms with E-state index in [2.05, 4.69) is 0 Å². The van der Waals surface area contributed by atoms with Crippen LogP contribution < -0.4 is 9.47 Å². The number of halogens is 1. The van der Waals surface area contributed by atoms with Gasteiger partial charge in [-0.25, -0.2) is 4.39 Å². The molecule has 22 heavy (non-hydrogen) atoms. The molecular weight excluding hydrogens is 287 g/mol. The van der Waals surface area contributed by atoms with Gasteiger partial charge in [-0.3, -0.25) is 4.79 Å². The number of carboxylic acids is 1. The molecule has 0 spiro atoms. The van der Waals surface area contributed by atoms with E-state index >= 15 is 0 Å². The molecule has 0 aliphatic carbocycles. The summed E-state index contributed by atoms with van der Waals surface area (Å²) in [5.41, 5.74) is 1.14. The summed E-state index contributed by atoms with van der Waals surface area (Å²) in [5.74, 6) is -1.06. The Balaban J connectivity index is 2.32. The first-order valence-electron chi connectivity index (χ1n) is 6.74. The van der Waals surface area contributed by atoms with Crippen molar-refractivity contribution in [2.24, 2.45) is 0 Å². The fourth-order valence-corrected chi connectivity index (χ4v) is 2.31. The Morgan fingerprint density at radius 2 is 1.82 bits per heavy atom. The second-order valence-corrected chi connectivity index (χ2v) is 4.82. The van der Waals surface area contributed by atoms with Gasteiger partial charge < -0.3 is 14.6 Å². The minimum Gasteiger partial charge on any atom is -0.497 e. The Morgan fingerprint density at radius 3 is 2.36 bits per heavy atom. The van der Waals surface area contributed by atoms with E-state index in [0.717, 1.165) is 0 Å². The van der Waals surface area contributed by atoms with Crippen LogP contribution in [0.25, 0.3) is 0 Å². The molecule has 0 aliphatic rings. The highest BCUT2D eigenvalue weighted by Gasteiger charge is 2.22. The molecule has 0 saturated carbocycles. The molecule has 0 aromatic heterocycles. The van der Waals surface area contributed by atoms with E-state index in [-0.39, 0.29) is 6.42 Å². The van der Waals surface area contributed by atoms with Gasteiger partial charge in [-0.05, 0) is 47.9 Å². The van der Waals surface area contributed by atoms with Crippen LogP contribution in [0.3, 0.4) is 0 Å². The van der Waals surface area contributed by atoms with Gasteiger partial charge >= 0.3 is 5.97 Å². The van der Waals surface area contributed by atoms with Crippen LogP contribution in [0.2, 0.25) is 0 Å². The second-order valence-electron chi connectivity index (χ2n) is 4.82. The van der Waals surface area contributed by atoms with Gasteiger partial charge in [0.25, 0.3) is 0 Å². The lowest BCUT2D eigenvalue weighted by Gasteiger charge is -2.15. The highest BCUT2D eigenvalue weighted by Crippen LogP contribution is 2.28. The number of aliphatic carboxylic acids is 1. The molecule has 4 nitrogen and oxygen atoms in total. The van der Waals surface area contributed by atoms with E-state index in [1.54, 1.807) is 31.4 Å². The van der Waals surface area contributed by atoms with Crippen LogP contribution in [0.5, 0.6) is 11.5 Å². The van der Waals surface area contributed by atoms with Gasteiger partial charge in [0.2, 0.25) is 0 Å². The van der Waals surface area contributed by atoms with Crippen molar-refractivity contribution in [3.8, 4) is 11.5 Å². The van der Waals surface area contributed by atoms with Gasteiger partial charge in [-0.1, -0.05) is 12.1 Å². The summed E-state index contributed by atoms with van der Waals surface area (Å²) in [6.45, 7) is 0. The molecule has 2 rings (SSSR count). The van der Waals surface area contributed by atoms with Crippen molar-refractivity contribution in [2.75, 3.05) is 14.2 Å². The zero-order chi connectivity index (χ0) is 16.1. The lowest BCUT2D eigenvalue weighted by Crippen LogP contribution is -2.15. The molecule has 1 atom stereocenters. The number of ether oxygens (including phenoxy) is 2. The van der Waals surface area contributed by atoms with Gasteiger partial charge in [0.05, 0.1) is 20.1 Å². The van der Waals surface area contributed by atoms with Crippen molar-refractivity contribution in [1.29, 1.82) is 0 Å². The Hall–Kier alpha value is -2.56. The molecule has 0 amide bonds. The first kappa shape index (κ1) is 15.8. The number of carboxylic acid groups (broad SMARTS) is 1. The monoisotopic (exact) mass is 304 g/mol. The third-order valence-electron chi connectivity index (χ3n) is 3.48. The molecule has 0 bridgehead atoms. The van der Waals surface area contributed by atoms with E-state index in [0.29, 0.717) is 22.6 Å². The van der Waals surface area contributed by atoms with Crippen molar-refractivity contribution < 1.29 is 23.8 Å². The number of hydrogen-bond acceptors (Lipinski definition) is 3. The van der Waals surface area contributed by atoms with E-state index in [1.807, 2.05) is 0 Å². The van der Waals surface area contributed by atoms with Crippen molar-refractivity contribution in [3.05, 3.63) is 59.4 Å². The second kappa shape index (κ2) is 6.93. The van der Waals surface area contributed by atoms with Crippen molar-refractivity contribution in [1.82, 2.24) is 0 Å². The first-order valence-corrected chi connectivity index (χ1v) is 6.74. The molecule has 0 radical (unpaired) electrons. The average molecular weight is 304 g/mol. The molecule has 2 aromatic carbocycles. The average Bonchev–Trinajstić information content (AvgIpc) is 2.52. The molecule has 1 N–H and O–H groups in total. The molecule has 116 valence electrons. The zero-order valence-corrected chi connectivity index (χ0v) is 12.4. The summed E-state index contributed by atoms with van der Waals surface area (Å²) in [4.78, 5) is 11.6. The number of hydrogen-bond donors (Lipinski definition) is 1. The van der Waals surface area contributed by atoms with Gasteiger partial charge in [0.1, 0.15) is 17.3 Å². The summed E-state index contributed by atoms with van der Waals surface area (Å²) in [5, 5.41) is 9.48. The number of benzene rings is 2. The molecule has 0 aliphatic heterocycles. The summed E-state index contributed by atoms with van der Waals surface area (Å²) in [6, 6.07) is 10.9. The molecular formula is C17H17FO4. The quantitative estimate of drug-likeness (QED) is 0.890. The van der Waals surface area contributed by atoms with Gasteiger partial charge in [0.15, 0.2) is 0 Å². The topological polar surface area (TPSA) is 55.8 Å². The molecule has 2 aromatic rings. The highest BCUT2D eigenvalue weighted by molar-refractivity contribution is 5.76. The lowest BCUT2D eigenvalue weighted by molar-refractivity contribution is -0.138. The molecule has 1 unspecified atom stereocenters. The smallest absolute Gasteiger partial charge is 0.311 e. The maximum absolute atomic E-state index is 13.4. The van der Waals surface area contributed by atoms with Crippen LogP contribution in [-0.4, -0.2) is 25.3 Å². The van der Waals surface area contributed by atoms with Crippen LogP contribution in [-0.2, 0) is 11.2 Å². The van der Waals surface area contributed by atoms with Crippen molar-refractivity contribution in [3.63, 3.8) is 0 Å². The number of methoxy groups -OCH3 is 2. The summed E-state index contributed by atoms with van der Waals surface area (Å²) >= 11 is 0. The normalized spacial score (nSPS) is 11.8. The third kappa shape index (κ3) is 3.55. The van der Waals surface area contributed by atoms with Crippen molar-refractivity contribution in [2.45, 2.75) is 12.3 Å². The van der Waals surface area contributed by atoms with Gasteiger partial charge in [-0.15, -0.1) is 0 Å². The van der Waals surface area contributed by atoms with E-state index in [1.165, 1.54) is 25.3 Å². The molecule has 0 saturated heterocycles. The van der Waals surface area contributed by atoms with E-state index in [4.69, 9.17) is 9.47 Å². The maximum atomic E-state index is 13.4. The minimum atomic E-state index is -0.975. The summed E-state index contributed by atoms with van der Waals surface area (Å²) < 4.78 is 23.7. The third-order valence-corrected chi connectivity index (χ3v) is 3.48. The van der Waals surface area contributed by atoms with Crippen LogP contribution in [0, 0.1) is 5.82 Å². The predicted octanol–water partition coefficient (Wildman–Crippen LogP) is 3.25. The standard InChI is InChI=1S/C17H17FO4/c1-21-14-6-3-11(4-7-14)15(17(19)20)10-12-9-13(18)5-8-16(12)22-2/h3-9,15H,10H2,1-2H3,(H,19,20). The fraction of sp³-hybridized carbons (Fsp3) is 0.235. The molecule has 0 heterocycles. The predicted molar refractivity (Wildman–Crippen MR) is 80.0 cm³/mol. The van der Waals surface area contributed by atoms with Crippen LogP contribution in [0.1, 0.15) is 17.0 Å². The fourth-order valence-electron chi connectivity index (χ4n) is 2.31. The van der Waals surface area contributed by atoms with Crippen LogP contribution in [0.15, 0.2) is 42.5 Å².